The molecule has 0 radical (unpaired) electrons. The van der Waals surface area contributed by atoms with Crippen molar-refractivity contribution in [2.75, 3.05) is 18.0 Å². The molecule has 1 aromatic rings. The highest BCUT2D eigenvalue weighted by Crippen LogP contribution is 2.19. The van der Waals surface area contributed by atoms with Crippen molar-refractivity contribution in [3.63, 3.8) is 0 Å². The average molecular weight is 277 g/mol. The number of rotatable bonds is 4. The van der Waals surface area contributed by atoms with Crippen LogP contribution in [0.4, 0.5) is 19.1 Å². The first-order valence-corrected chi connectivity index (χ1v) is 5.42. The lowest BCUT2D eigenvalue weighted by Crippen LogP contribution is -2.35. The van der Waals surface area contributed by atoms with Crippen molar-refractivity contribution in [2.24, 2.45) is 10.9 Å². The summed E-state index contributed by atoms with van der Waals surface area (Å²) in [6.07, 6.45) is -4.36. The smallest absolute Gasteiger partial charge is 0.406 e. The minimum Gasteiger partial charge on any atom is -0.409 e. The van der Waals surface area contributed by atoms with Gasteiger partial charge in [0.2, 0.25) is 5.95 Å². The van der Waals surface area contributed by atoms with Crippen LogP contribution in [-0.4, -0.2) is 40.3 Å². The molecule has 0 spiro atoms. The Kier molecular flexibility index (Phi) is 4.52. The lowest BCUT2D eigenvalue weighted by molar-refractivity contribution is -0.119. The Balaban J connectivity index is 3.14. The summed E-state index contributed by atoms with van der Waals surface area (Å²) >= 11 is 0. The van der Waals surface area contributed by atoms with E-state index in [2.05, 4.69) is 15.1 Å². The van der Waals surface area contributed by atoms with Crippen LogP contribution in [0.3, 0.4) is 0 Å². The Bertz CT molecular complexity index is 475. The van der Waals surface area contributed by atoms with Gasteiger partial charge in [0.15, 0.2) is 5.84 Å². The first-order valence-electron chi connectivity index (χ1n) is 5.42. The van der Waals surface area contributed by atoms with Gasteiger partial charge in [-0.05, 0) is 19.9 Å². The monoisotopic (exact) mass is 277 g/mol. The predicted octanol–water partition coefficient (Wildman–Crippen LogP) is 1.27. The molecule has 1 aromatic heterocycles. The first-order chi connectivity index (χ1) is 8.76. The molecule has 0 saturated heterocycles. The molecule has 0 saturated carbocycles. The molecule has 106 valence electrons. The minimum absolute atomic E-state index is 0.0747. The zero-order chi connectivity index (χ0) is 14.6. The third-order valence-corrected chi connectivity index (χ3v) is 2.25. The van der Waals surface area contributed by atoms with Crippen molar-refractivity contribution in [2.45, 2.75) is 20.0 Å². The van der Waals surface area contributed by atoms with Crippen LogP contribution in [0.1, 0.15) is 18.3 Å². The Morgan fingerprint density at radius 3 is 2.58 bits per heavy atom. The highest BCUT2D eigenvalue weighted by atomic mass is 19.4. The molecule has 0 atom stereocenters. The summed E-state index contributed by atoms with van der Waals surface area (Å²) in [5.41, 5.74) is 5.87. The van der Waals surface area contributed by atoms with E-state index < -0.39 is 12.7 Å². The largest absolute Gasteiger partial charge is 0.409 e. The zero-order valence-corrected chi connectivity index (χ0v) is 10.4. The molecule has 0 amide bonds. The molecule has 0 aromatic carbocycles. The summed E-state index contributed by atoms with van der Waals surface area (Å²) in [6, 6.07) is 1.42. The first kappa shape index (κ1) is 15.0. The SMILES string of the molecule is CCN(CC(F)(F)F)c1nc(C)cc(/C(N)=N/O)n1. The predicted molar refractivity (Wildman–Crippen MR) is 63.2 cm³/mol. The average Bonchev–Trinajstić information content (AvgIpc) is 2.33. The second-order valence-corrected chi connectivity index (χ2v) is 3.81. The molecule has 0 aliphatic carbocycles. The fourth-order valence-corrected chi connectivity index (χ4v) is 1.42. The molecule has 0 aliphatic heterocycles. The van der Waals surface area contributed by atoms with E-state index in [1.165, 1.54) is 6.07 Å². The molecule has 0 fully saturated rings. The van der Waals surface area contributed by atoms with Crippen LogP contribution in [0.15, 0.2) is 11.2 Å². The van der Waals surface area contributed by atoms with Crippen molar-refractivity contribution in [3.8, 4) is 0 Å². The van der Waals surface area contributed by atoms with E-state index in [9.17, 15) is 13.2 Å². The van der Waals surface area contributed by atoms with Gasteiger partial charge in [-0.15, -0.1) is 0 Å². The highest BCUT2D eigenvalue weighted by molar-refractivity contribution is 5.95. The number of amidine groups is 1. The summed E-state index contributed by atoms with van der Waals surface area (Å²) < 4.78 is 37.3. The van der Waals surface area contributed by atoms with Gasteiger partial charge in [-0.1, -0.05) is 5.16 Å². The highest BCUT2D eigenvalue weighted by Gasteiger charge is 2.31. The van der Waals surface area contributed by atoms with Crippen molar-refractivity contribution < 1.29 is 18.4 Å². The van der Waals surface area contributed by atoms with Gasteiger partial charge in [-0.25, -0.2) is 9.97 Å². The minimum atomic E-state index is -4.36. The maximum atomic E-state index is 12.4. The number of anilines is 1. The van der Waals surface area contributed by atoms with Crippen LogP contribution < -0.4 is 10.6 Å². The van der Waals surface area contributed by atoms with E-state index in [0.29, 0.717) is 5.69 Å². The topological polar surface area (TPSA) is 87.6 Å². The molecule has 0 bridgehead atoms. The maximum absolute atomic E-state index is 12.4. The van der Waals surface area contributed by atoms with Crippen molar-refractivity contribution in [1.29, 1.82) is 0 Å². The van der Waals surface area contributed by atoms with Crippen LogP contribution in [0.5, 0.6) is 0 Å². The van der Waals surface area contributed by atoms with Crippen molar-refractivity contribution in [3.05, 3.63) is 17.5 Å². The second kappa shape index (κ2) is 5.72. The number of oxime groups is 1. The lowest BCUT2D eigenvalue weighted by Gasteiger charge is -2.22. The Morgan fingerprint density at radius 1 is 1.47 bits per heavy atom. The van der Waals surface area contributed by atoms with E-state index in [0.717, 1.165) is 4.90 Å². The number of aromatic nitrogens is 2. The lowest BCUT2D eigenvalue weighted by atomic mass is 10.3. The molecular formula is C10H14F3N5O. The second-order valence-electron chi connectivity index (χ2n) is 3.81. The third kappa shape index (κ3) is 4.27. The third-order valence-electron chi connectivity index (χ3n) is 2.25. The normalized spacial score (nSPS) is 12.6. The standard InChI is InChI=1S/C10H14F3N5O/c1-3-18(5-10(11,12)13)9-15-6(2)4-7(16-9)8(14)17-19/h4,19H,3,5H2,1-2H3,(H2,14,17). The van der Waals surface area contributed by atoms with Gasteiger partial charge in [0.25, 0.3) is 0 Å². The Morgan fingerprint density at radius 2 is 2.11 bits per heavy atom. The quantitative estimate of drug-likeness (QED) is 0.374. The van der Waals surface area contributed by atoms with E-state index in [-0.39, 0.29) is 24.0 Å². The maximum Gasteiger partial charge on any atom is 0.406 e. The molecule has 0 unspecified atom stereocenters. The molecule has 3 N–H and O–H groups in total. The van der Waals surface area contributed by atoms with E-state index in [4.69, 9.17) is 10.9 Å². The summed E-state index contributed by atoms with van der Waals surface area (Å²) in [5.74, 6) is -0.392. The van der Waals surface area contributed by atoms with E-state index in [1.807, 2.05) is 0 Å². The van der Waals surface area contributed by atoms with Crippen LogP contribution in [0.2, 0.25) is 0 Å². The summed E-state index contributed by atoms with van der Waals surface area (Å²) in [7, 11) is 0. The summed E-state index contributed by atoms with van der Waals surface area (Å²) in [6.45, 7) is 2.06. The molecule has 9 heteroatoms. The van der Waals surface area contributed by atoms with Crippen LogP contribution in [0.25, 0.3) is 0 Å². The Labute approximate surface area is 107 Å². The molecular weight excluding hydrogens is 263 g/mol. The molecule has 0 aliphatic rings. The zero-order valence-electron chi connectivity index (χ0n) is 10.4. The van der Waals surface area contributed by atoms with Gasteiger partial charge in [0.05, 0.1) is 0 Å². The number of halogens is 3. The van der Waals surface area contributed by atoms with Gasteiger partial charge in [0, 0.05) is 12.2 Å². The molecule has 6 nitrogen and oxygen atoms in total. The van der Waals surface area contributed by atoms with Crippen molar-refractivity contribution >= 4 is 11.8 Å². The summed E-state index contributed by atoms with van der Waals surface area (Å²) in [4.78, 5) is 8.75. The number of nitrogens with two attached hydrogens (primary N) is 1. The van der Waals surface area contributed by atoms with Crippen molar-refractivity contribution in [1.82, 2.24) is 9.97 Å². The van der Waals surface area contributed by atoms with Gasteiger partial charge in [-0.3, -0.25) is 0 Å². The molecule has 1 heterocycles. The van der Waals surface area contributed by atoms with E-state index in [1.54, 1.807) is 13.8 Å². The number of hydrogen-bond donors (Lipinski definition) is 2. The van der Waals surface area contributed by atoms with Gasteiger partial charge in [0.1, 0.15) is 12.2 Å². The van der Waals surface area contributed by atoms with Gasteiger partial charge < -0.3 is 15.8 Å². The Hall–Kier alpha value is -2.06. The molecule has 1 rings (SSSR count). The van der Waals surface area contributed by atoms with Gasteiger partial charge >= 0.3 is 6.18 Å². The summed E-state index contributed by atoms with van der Waals surface area (Å²) in [5, 5.41) is 11.3. The molecule has 19 heavy (non-hydrogen) atoms. The number of hydrogen-bond acceptors (Lipinski definition) is 5. The fourth-order valence-electron chi connectivity index (χ4n) is 1.42. The number of aryl methyl sites for hydroxylation is 1. The van der Waals surface area contributed by atoms with Crippen LogP contribution >= 0.6 is 0 Å². The number of nitrogens with zero attached hydrogens (tertiary/aromatic N) is 4. The van der Waals surface area contributed by atoms with Crippen LogP contribution in [-0.2, 0) is 0 Å². The fraction of sp³-hybridized carbons (Fsp3) is 0.500. The van der Waals surface area contributed by atoms with Crippen LogP contribution in [0, 0.1) is 6.92 Å². The number of alkyl halides is 3. The van der Waals surface area contributed by atoms with E-state index >= 15 is 0 Å². The van der Waals surface area contributed by atoms with Gasteiger partial charge in [-0.2, -0.15) is 13.2 Å².